The predicted molar refractivity (Wildman–Crippen MR) is 92.6 cm³/mol. The number of allylic oxidation sites excluding steroid dienone is 1. The summed E-state index contributed by atoms with van der Waals surface area (Å²) >= 11 is 0. The lowest BCUT2D eigenvalue weighted by atomic mass is 10.1. The number of carbonyl (C=O) groups is 1. The summed E-state index contributed by atoms with van der Waals surface area (Å²) < 4.78 is 15.2. The second-order valence-electron chi connectivity index (χ2n) is 5.34. The summed E-state index contributed by atoms with van der Waals surface area (Å²) in [4.78, 5) is 11.1. The Morgan fingerprint density at radius 3 is 2.56 bits per heavy atom. The number of benzene rings is 2. The molecule has 122 valence electrons. The fourth-order valence-corrected chi connectivity index (χ4v) is 2.52. The minimum atomic E-state index is -1.01. The molecule has 0 saturated heterocycles. The fraction of sp³-hybridized carbons (Fsp3) is 0. The van der Waals surface area contributed by atoms with Crippen LogP contribution in [0.15, 0.2) is 66.9 Å². The van der Waals surface area contributed by atoms with E-state index in [0.717, 1.165) is 0 Å². The standard InChI is InChI=1S/C20H13FN2O2/c21-17-6-1-4-14(10-17)16(13-22)12-19-8-3-9-23(19)18-7-2-5-15(11-18)20(24)25/h1-12H,(H,24,25)/b16-12-. The Balaban J connectivity index is 2.06. The van der Waals surface area contributed by atoms with Gasteiger partial charge in [-0.25, -0.2) is 9.18 Å². The van der Waals surface area contributed by atoms with E-state index in [4.69, 9.17) is 5.11 Å². The van der Waals surface area contributed by atoms with E-state index in [1.54, 1.807) is 59.3 Å². The van der Waals surface area contributed by atoms with Gasteiger partial charge in [0.2, 0.25) is 0 Å². The van der Waals surface area contributed by atoms with Crippen LogP contribution < -0.4 is 0 Å². The summed E-state index contributed by atoms with van der Waals surface area (Å²) in [5.74, 6) is -1.42. The van der Waals surface area contributed by atoms with Gasteiger partial charge in [-0.05, 0) is 54.1 Å². The van der Waals surface area contributed by atoms with Gasteiger partial charge < -0.3 is 9.67 Å². The molecule has 0 aliphatic heterocycles. The quantitative estimate of drug-likeness (QED) is 0.721. The van der Waals surface area contributed by atoms with Gasteiger partial charge in [-0.1, -0.05) is 18.2 Å². The average Bonchev–Trinajstić information content (AvgIpc) is 3.08. The van der Waals surface area contributed by atoms with Gasteiger partial charge in [0.05, 0.1) is 17.2 Å². The Morgan fingerprint density at radius 1 is 1.08 bits per heavy atom. The Kier molecular flexibility index (Phi) is 4.44. The summed E-state index contributed by atoms with van der Waals surface area (Å²) in [7, 11) is 0. The monoisotopic (exact) mass is 332 g/mol. The number of aromatic carboxylic acids is 1. The number of rotatable bonds is 4. The normalized spacial score (nSPS) is 11.1. The third-order valence-corrected chi connectivity index (χ3v) is 3.70. The van der Waals surface area contributed by atoms with Crippen LogP contribution in [0.3, 0.4) is 0 Å². The van der Waals surface area contributed by atoms with E-state index in [2.05, 4.69) is 6.07 Å². The molecular weight excluding hydrogens is 319 g/mol. The molecule has 0 amide bonds. The highest BCUT2D eigenvalue weighted by Crippen LogP contribution is 2.21. The van der Waals surface area contributed by atoms with Crippen LogP contribution in [0.5, 0.6) is 0 Å². The second kappa shape index (κ2) is 6.85. The minimum Gasteiger partial charge on any atom is -0.478 e. The Morgan fingerprint density at radius 2 is 1.84 bits per heavy atom. The maximum Gasteiger partial charge on any atom is 0.335 e. The van der Waals surface area contributed by atoms with Crippen LogP contribution in [0.1, 0.15) is 21.6 Å². The number of nitrogens with zero attached hydrogens (tertiary/aromatic N) is 2. The summed E-state index contributed by atoms with van der Waals surface area (Å²) in [6.07, 6.45) is 3.41. The average molecular weight is 332 g/mol. The first-order chi connectivity index (χ1) is 12.1. The van der Waals surface area contributed by atoms with Crippen LogP contribution in [-0.2, 0) is 0 Å². The van der Waals surface area contributed by atoms with Gasteiger partial charge in [0.1, 0.15) is 5.82 Å². The zero-order chi connectivity index (χ0) is 17.8. The van der Waals surface area contributed by atoms with Crippen LogP contribution >= 0.6 is 0 Å². The first kappa shape index (κ1) is 16.2. The SMILES string of the molecule is N#C/C(=C/c1cccn1-c1cccc(C(=O)O)c1)c1cccc(F)c1. The van der Waals surface area contributed by atoms with Gasteiger partial charge in [0.25, 0.3) is 0 Å². The number of carboxylic acid groups (broad SMARTS) is 1. The van der Waals surface area contributed by atoms with E-state index in [-0.39, 0.29) is 5.56 Å². The van der Waals surface area contributed by atoms with Crippen LogP contribution in [-0.4, -0.2) is 15.6 Å². The fourth-order valence-electron chi connectivity index (χ4n) is 2.52. The van der Waals surface area contributed by atoms with Crippen molar-refractivity contribution in [1.82, 2.24) is 4.57 Å². The van der Waals surface area contributed by atoms with E-state index in [9.17, 15) is 14.4 Å². The van der Waals surface area contributed by atoms with E-state index in [1.165, 1.54) is 18.2 Å². The molecule has 0 saturated carbocycles. The van der Waals surface area contributed by atoms with E-state index >= 15 is 0 Å². The Hall–Kier alpha value is -3.65. The Bertz CT molecular complexity index is 1010. The highest BCUT2D eigenvalue weighted by Gasteiger charge is 2.08. The van der Waals surface area contributed by atoms with E-state index in [0.29, 0.717) is 22.5 Å². The first-order valence-electron chi connectivity index (χ1n) is 7.47. The van der Waals surface area contributed by atoms with Crippen molar-refractivity contribution in [2.45, 2.75) is 0 Å². The van der Waals surface area contributed by atoms with Gasteiger partial charge >= 0.3 is 5.97 Å². The molecular formula is C20H13FN2O2. The number of hydrogen-bond donors (Lipinski definition) is 1. The molecule has 0 bridgehead atoms. The van der Waals surface area contributed by atoms with Crippen LogP contribution in [0, 0.1) is 17.1 Å². The third kappa shape index (κ3) is 3.48. The first-order valence-corrected chi connectivity index (χ1v) is 7.47. The van der Waals surface area contributed by atoms with Crippen molar-refractivity contribution in [2.75, 3.05) is 0 Å². The molecule has 0 unspecified atom stereocenters. The molecule has 3 aromatic rings. The summed E-state index contributed by atoms with van der Waals surface area (Å²) in [6, 6.07) is 18.0. The number of carboxylic acids is 1. The maximum atomic E-state index is 13.4. The second-order valence-corrected chi connectivity index (χ2v) is 5.34. The lowest BCUT2D eigenvalue weighted by Gasteiger charge is -2.08. The van der Waals surface area contributed by atoms with Crippen LogP contribution in [0.25, 0.3) is 17.3 Å². The zero-order valence-electron chi connectivity index (χ0n) is 13.1. The molecule has 0 aliphatic rings. The molecule has 0 atom stereocenters. The maximum absolute atomic E-state index is 13.4. The van der Waals surface area contributed by atoms with Crippen molar-refractivity contribution in [3.05, 3.63) is 89.5 Å². The highest BCUT2D eigenvalue weighted by molar-refractivity contribution is 5.90. The van der Waals surface area contributed by atoms with Gasteiger partial charge in [-0.3, -0.25) is 0 Å². The van der Waals surface area contributed by atoms with Gasteiger partial charge in [0.15, 0.2) is 0 Å². The van der Waals surface area contributed by atoms with E-state index < -0.39 is 11.8 Å². The molecule has 0 radical (unpaired) electrons. The summed E-state index contributed by atoms with van der Waals surface area (Å²) in [6.45, 7) is 0. The predicted octanol–water partition coefficient (Wildman–Crippen LogP) is 4.38. The molecule has 1 N–H and O–H groups in total. The van der Waals surface area contributed by atoms with Gasteiger partial charge in [-0.2, -0.15) is 5.26 Å². The number of nitriles is 1. The lowest BCUT2D eigenvalue weighted by molar-refractivity contribution is 0.0697. The number of aromatic nitrogens is 1. The molecule has 0 spiro atoms. The zero-order valence-corrected chi connectivity index (χ0v) is 13.1. The highest BCUT2D eigenvalue weighted by atomic mass is 19.1. The molecule has 3 rings (SSSR count). The lowest BCUT2D eigenvalue weighted by Crippen LogP contribution is -2.00. The van der Waals surface area contributed by atoms with Crippen LogP contribution in [0.2, 0.25) is 0 Å². The summed E-state index contributed by atoms with van der Waals surface area (Å²) in [5, 5.41) is 18.6. The molecule has 2 aromatic carbocycles. The molecule has 0 fully saturated rings. The minimum absolute atomic E-state index is 0.173. The van der Waals surface area contributed by atoms with Gasteiger partial charge in [0, 0.05) is 17.6 Å². The molecule has 1 aromatic heterocycles. The molecule has 0 aliphatic carbocycles. The topological polar surface area (TPSA) is 66.0 Å². The largest absolute Gasteiger partial charge is 0.478 e. The number of halogens is 1. The van der Waals surface area contributed by atoms with Crippen molar-refractivity contribution in [1.29, 1.82) is 5.26 Å². The third-order valence-electron chi connectivity index (χ3n) is 3.70. The molecule has 4 nitrogen and oxygen atoms in total. The van der Waals surface area contributed by atoms with Crippen molar-refractivity contribution in [2.24, 2.45) is 0 Å². The van der Waals surface area contributed by atoms with Crippen molar-refractivity contribution in [3.8, 4) is 11.8 Å². The van der Waals surface area contributed by atoms with Crippen molar-refractivity contribution in [3.63, 3.8) is 0 Å². The van der Waals surface area contributed by atoms with Crippen LogP contribution in [0.4, 0.5) is 4.39 Å². The molecule has 5 heteroatoms. The van der Waals surface area contributed by atoms with Gasteiger partial charge in [-0.15, -0.1) is 0 Å². The molecule has 1 heterocycles. The van der Waals surface area contributed by atoms with Crippen molar-refractivity contribution >= 4 is 17.6 Å². The number of hydrogen-bond acceptors (Lipinski definition) is 2. The smallest absolute Gasteiger partial charge is 0.335 e. The van der Waals surface area contributed by atoms with E-state index in [1.807, 2.05) is 0 Å². The summed E-state index contributed by atoms with van der Waals surface area (Å²) in [5.41, 5.74) is 2.31. The Labute approximate surface area is 143 Å². The van der Waals surface area contributed by atoms with Crippen molar-refractivity contribution < 1.29 is 14.3 Å². The molecule has 25 heavy (non-hydrogen) atoms.